The summed E-state index contributed by atoms with van der Waals surface area (Å²) in [7, 11) is 0. The van der Waals surface area contributed by atoms with Gasteiger partial charge in [-0.15, -0.1) is 0 Å². The van der Waals surface area contributed by atoms with Gasteiger partial charge in [-0.25, -0.2) is 4.98 Å². The van der Waals surface area contributed by atoms with Crippen molar-refractivity contribution in [1.29, 1.82) is 0 Å². The number of fused-ring (bicyclic) bond motifs is 1. The lowest BCUT2D eigenvalue weighted by atomic mass is 10.1. The smallest absolute Gasteiger partial charge is 0.138 e. The molecular weight excluding hydrogens is 272 g/mol. The standard InChI is InChI=1S/C18H26N4/c1-3-21(4-2)16-8-5-7-15-9-11-20-18(17(15)16)22-13-6-10-19-12-14-22/h5,7-9,11,19H,3-4,6,10,12-14H2,1-2H3. The summed E-state index contributed by atoms with van der Waals surface area (Å²) < 4.78 is 0. The molecule has 0 atom stereocenters. The van der Waals surface area contributed by atoms with Crippen molar-refractivity contribution < 1.29 is 0 Å². The molecule has 0 amide bonds. The number of anilines is 2. The fourth-order valence-corrected chi connectivity index (χ4v) is 3.32. The van der Waals surface area contributed by atoms with Crippen molar-refractivity contribution in [2.24, 2.45) is 0 Å². The third-order valence-corrected chi connectivity index (χ3v) is 4.49. The van der Waals surface area contributed by atoms with Crippen LogP contribution in [-0.2, 0) is 0 Å². The molecule has 1 aromatic heterocycles. The summed E-state index contributed by atoms with van der Waals surface area (Å²) in [5.74, 6) is 1.14. The van der Waals surface area contributed by atoms with Crippen LogP contribution in [0.5, 0.6) is 0 Å². The first-order valence-corrected chi connectivity index (χ1v) is 8.43. The Morgan fingerprint density at radius 1 is 1.14 bits per heavy atom. The topological polar surface area (TPSA) is 31.4 Å². The van der Waals surface area contributed by atoms with Gasteiger partial charge in [0.2, 0.25) is 0 Å². The van der Waals surface area contributed by atoms with Crippen LogP contribution in [0.25, 0.3) is 10.8 Å². The highest BCUT2D eigenvalue weighted by atomic mass is 15.2. The Kier molecular flexibility index (Phi) is 4.78. The minimum atomic E-state index is 1.02. The second kappa shape index (κ2) is 6.97. The molecular formula is C18H26N4. The van der Waals surface area contributed by atoms with E-state index in [0.717, 1.165) is 45.1 Å². The molecule has 3 rings (SSSR count). The molecule has 1 aromatic carbocycles. The van der Waals surface area contributed by atoms with Crippen LogP contribution in [0.15, 0.2) is 30.5 Å². The number of hydrogen-bond acceptors (Lipinski definition) is 4. The number of rotatable bonds is 4. The van der Waals surface area contributed by atoms with E-state index in [4.69, 9.17) is 4.98 Å². The molecule has 1 fully saturated rings. The highest BCUT2D eigenvalue weighted by Gasteiger charge is 2.17. The molecule has 1 saturated heterocycles. The van der Waals surface area contributed by atoms with Crippen molar-refractivity contribution in [3.8, 4) is 0 Å². The number of nitrogens with zero attached hydrogens (tertiary/aromatic N) is 3. The van der Waals surface area contributed by atoms with Gasteiger partial charge in [-0.2, -0.15) is 0 Å². The predicted octanol–water partition coefficient (Wildman–Crippen LogP) is 2.88. The van der Waals surface area contributed by atoms with Crippen molar-refractivity contribution >= 4 is 22.3 Å². The zero-order valence-electron chi connectivity index (χ0n) is 13.7. The van der Waals surface area contributed by atoms with Crippen LogP contribution < -0.4 is 15.1 Å². The molecule has 0 radical (unpaired) electrons. The van der Waals surface area contributed by atoms with E-state index in [-0.39, 0.29) is 0 Å². The van der Waals surface area contributed by atoms with Crippen LogP contribution in [0.1, 0.15) is 20.3 Å². The van der Waals surface area contributed by atoms with E-state index in [0.29, 0.717) is 0 Å². The van der Waals surface area contributed by atoms with Crippen LogP contribution in [0, 0.1) is 0 Å². The molecule has 0 spiro atoms. The number of pyridine rings is 1. The van der Waals surface area contributed by atoms with Gasteiger partial charge in [-0.05, 0) is 44.3 Å². The van der Waals surface area contributed by atoms with Gasteiger partial charge in [0.15, 0.2) is 0 Å². The Labute approximate surface area is 133 Å². The van der Waals surface area contributed by atoms with Gasteiger partial charge < -0.3 is 15.1 Å². The first kappa shape index (κ1) is 15.1. The zero-order valence-corrected chi connectivity index (χ0v) is 13.7. The maximum absolute atomic E-state index is 4.76. The van der Waals surface area contributed by atoms with E-state index in [1.165, 1.54) is 22.9 Å². The van der Waals surface area contributed by atoms with Crippen LogP contribution in [-0.4, -0.2) is 44.3 Å². The lowest BCUT2D eigenvalue weighted by molar-refractivity contribution is 0.724. The predicted molar refractivity (Wildman–Crippen MR) is 95.0 cm³/mol. The second-order valence-electron chi connectivity index (χ2n) is 5.77. The average molecular weight is 298 g/mol. The lowest BCUT2D eigenvalue weighted by Crippen LogP contribution is -2.29. The maximum atomic E-state index is 4.76. The third kappa shape index (κ3) is 2.88. The van der Waals surface area contributed by atoms with E-state index in [2.05, 4.69) is 53.2 Å². The Morgan fingerprint density at radius 3 is 2.82 bits per heavy atom. The van der Waals surface area contributed by atoms with Gasteiger partial charge in [0, 0.05) is 50.0 Å². The Morgan fingerprint density at radius 2 is 2.00 bits per heavy atom. The highest BCUT2D eigenvalue weighted by molar-refractivity contribution is 6.02. The van der Waals surface area contributed by atoms with Gasteiger partial charge in [0.1, 0.15) is 5.82 Å². The van der Waals surface area contributed by atoms with Crippen LogP contribution in [0.3, 0.4) is 0 Å². The fraction of sp³-hybridized carbons (Fsp3) is 0.500. The van der Waals surface area contributed by atoms with Crippen molar-refractivity contribution in [3.05, 3.63) is 30.5 Å². The first-order chi connectivity index (χ1) is 10.8. The quantitative estimate of drug-likeness (QED) is 0.940. The van der Waals surface area contributed by atoms with Gasteiger partial charge in [-0.3, -0.25) is 0 Å². The molecule has 1 N–H and O–H groups in total. The van der Waals surface area contributed by atoms with Crippen LogP contribution >= 0.6 is 0 Å². The first-order valence-electron chi connectivity index (χ1n) is 8.43. The number of hydrogen-bond donors (Lipinski definition) is 1. The van der Waals surface area contributed by atoms with E-state index in [1.54, 1.807) is 0 Å². The minimum absolute atomic E-state index is 1.02. The van der Waals surface area contributed by atoms with E-state index >= 15 is 0 Å². The summed E-state index contributed by atoms with van der Waals surface area (Å²) in [4.78, 5) is 9.62. The summed E-state index contributed by atoms with van der Waals surface area (Å²) in [6, 6.07) is 8.71. The Balaban J connectivity index is 2.12. The largest absolute Gasteiger partial charge is 0.371 e. The molecule has 2 heterocycles. The van der Waals surface area contributed by atoms with Crippen molar-refractivity contribution in [1.82, 2.24) is 10.3 Å². The van der Waals surface area contributed by atoms with E-state index in [1.807, 2.05) is 6.20 Å². The van der Waals surface area contributed by atoms with Crippen molar-refractivity contribution in [2.75, 3.05) is 49.1 Å². The van der Waals surface area contributed by atoms with Crippen LogP contribution in [0.4, 0.5) is 11.5 Å². The molecule has 0 aliphatic carbocycles. The van der Waals surface area contributed by atoms with E-state index < -0.39 is 0 Å². The SMILES string of the molecule is CCN(CC)c1cccc2ccnc(N3CCCNCC3)c12. The molecule has 4 nitrogen and oxygen atoms in total. The zero-order chi connectivity index (χ0) is 15.4. The molecule has 0 saturated carbocycles. The Hall–Kier alpha value is -1.81. The monoisotopic (exact) mass is 298 g/mol. The van der Waals surface area contributed by atoms with Crippen molar-refractivity contribution in [2.45, 2.75) is 20.3 Å². The Bertz CT molecular complexity index is 608. The molecule has 4 heteroatoms. The number of nitrogens with one attached hydrogen (secondary N) is 1. The highest BCUT2D eigenvalue weighted by Crippen LogP contribution is 2.33. The summed E-state index contributed by atoms with van der Waals surface area (Å²) in [6.45, 7) is 10.7. The molecule has 22 heavy (non-hydrogen) atoms. The van der Waals surface area contributed by atoms with Gasteiger partial charge in [0.25, 0.3) is 0 Å². The van der Waals surface area contributed by atoms with Gasteiger partial charge in [0.05, 0.1) is 0 Å². The normalized spacial score (nSPS) is 15.8. The molecule has 2 aromatic rings. The summed E-state index contributed by atoms with van der Waals surface area (Å²) >= 11 is 0. The maximum Gasteiger partial charge on any atom is 0.138 e. The van der Waals surface area contributed by atoms with Crippen LogP contribution in [0.2, 0.25) is 0 Å². The van der Waals surface area contributed by atoms with Crippen molar-refractivity contribution in [3.63, 3.8) is 0 Å². The molecule has 1 aliphatic heterocycles. The molecule has 0 unspecified atom stereocenters. The summed E-state index contributed by atoms with van der Waals surface area (Å²) in [5.41, 5.74) is 1.31. The lowest BCUT2D eigenvalue weighted by Gasteiger charge is -2.27. The summed E-state index contributed by atoms with van der Waals surface area (Å²) in [6.07, 6.45) is 3.12. The molecule has 0 bridgehead atoms. The third-order valence-electron chi connectivity index (χ3n) is 4.49. The number of benzene rings is 1. The summed E-state index contributed by atoms with van der Waals surface area (Å²) in [5, 5.41) is 6.06. The fourth-order valence-electron chi connectivity index (χ4n) is 3.32. The molecule has 118 valence electrons. The van der Waals surface area contributed by atoms with Gasteiger partial charge in [-0.1, -0.05) is 12.1 Å². The second-order valence-corrected chi connectivity index (χ2v) is 5.77. The molecule has 1 aliphatic rings. The number of aromatic nitrogens is 1. The minimum Gasteiger partial charge on any atom is -0.371 e. The van der Waals surface area contributed by atoms with E-state index in [9.17, 15) is 0 Å². The average Bonchev–Trinajstić information content (AvgIpc) is 2.85. The van der Waals surface area contributed by atoms with Gasteiger partial charge >= 0.3 is 0 Å².